The minimum atomic E-state index is -0.684. The summed E-state index contributed by atoms with van der Waals surface area (Å²) in [7, 11) is 0. The number of nitrogens with zero attached hydrogens (tertiary/aromatic N) is 1. The highest BCUT2D eigenvalue weighted by Gasteiger charge is 2.56. The van der Waals surface area contributed by atoms with E-state index in [9.17, 15) is 24.3 Å². The number of fused-ring (bicyclic) bond motifs is 3. The van der Waals surface area contributed by atoms with E-state index < -0.39 is 23.7 Å². The summed E-state index contributed by atoms with van der Waals surface area (Å²) in [6.07, 6.45) is 3.83. The number of amides is 2. The predicted molar refractivity (Wildman–Crippen MR) is 163 cm³/mol. The van der Waals surface area contributed by atoms with E-state index in [4.69, 9.17) is 11.6 Å². The van der Waals surface area contributed by atoms with Crippen LogP contribution in [0.25, 0.3) is 0 Å². The van der Waals surface area contributed by atoms with Gasteiger partial charge in [0.15, 0.2) is 11.6 Å². The quantitative estimate of drug-likeness (QED) is 0.206. The van der Waals surface area contributed by atoms with Crippen LogP contribution < -0.4 is 10.2 Å². The molecule has 214 valence electrons. The molecule has 4 aliphatic rings. The summed E-state index contributed by atoms with van der Waals surface area (Å²) in [5, 5.41) is 13.6. The summed E-state index contributed by atoms with van der Waals surface area (Å²) in [6, 6.07) is 21.4. The maximum absolute atomic E-state index is 14.1. The molecular weight excluding hydrogens is 564 g/mol. The number of aromatic hydroxyl groups is 1. The number of halogens is 1. The second-order valence-corrected chi connectivity index (χ2v) is 11.9. The maximum atomic E-state index is 14.1. The molecule has 0 aromatic heterocycles. The molecule has 2 amide bonds. The number of para-hydroxylation sites is 1. The third kappa shape index (κ3) is 4.34. The molecule has 0 radical (unpaired) electrons. The van der Waals surface area contributed by atoms with Gasteiger partial charge in [0.05, 0.1) is 17.5 Å². The number of hydrogen-bond donors (Lipinski definition) is 2. The minimum absolute atomic E-state index is 0.0213. The lowest BCUT2D eigenvalue weighted by atomic mass is 9.59. The first kappa shape index (κ1) is 27.1. The molecule has 3 aliphatic carbocycles. The molecule has 1 heterocycles. The monoisotopic (exact) mass is 590 g/mol. The fourth-order valence-corrected chi connectivity index (χ4v) is 7.41. The second kappa shape index (κ2) is 10.2. The van der Waals surface area contributed by atoms with Crippen molar-refractivity contribution < 1.29 is 24.3 Å². The van der Waals surface area contributed by atoms with Crippen LogP contribution in [0.5, 0.6) is 5.75 Å². The fraction of sp³-hybridized carbons (Fsp3) is 0.200. The topological polar surface area (TPSA) is 104 Å². The van der Waals surface area contributed by atoms with Gasteiger partial charge in [0.25, 0.3) is 0 Å². The summed E-state index contributed by atoms with van der Waals surface area (Å²) < 4.78 is 0. The Hall–Kier alpha value is -4.75. The highest BCUT2D eigenvalue weighted by molar-refractivity contribution is 6.32. The number of phenolic OH excluding ortho intramolecular Hbond substituents is 1. The molecule has 3 aromatic rings. The zero-order valence-electron chi connectivity index (χ0n) is 23.2. The summed E-state index contributed by atoms with van der Waals surface area (Å²) in [6.45, 7) is 1.61. The minimum Gasteiger partial charge on any atom is -0.508 e. The van der Waals surface area contributed by atoms with Crippen LogP contribution in [0, 0.1) is 17.8 Å². The predicted octanol–water partition coefficient (Wildman–Crippen LogP) is 6.42. The molecule has 0 saturated carbocycles. The van der Waals surface area contributed by atoms with Gasteiger partial charge in [0, 0.05) is 39.0 Å². The number of rotatable bonds is 4. The van der Waals surface area contributed by atoms with Crippen LogP contribution >= 0.6 is 11.6 Å². The zero-order valence-corrected chi connectivity index (χ0v) is 24.0. The summed E-state index contributed by atoms with van der Waals surface area (Å²) >= 11 is 6.61. The zero-order chi connectivity index (χ0) is 30.0. The molecule has 1 fully saturated rings. The van der Waals surface area contributed by atoms with E-state index in [0.717, 1.165) is 16.9 Å². The molecule has 1 saturated heterocycles. The van der Waals surface area contributed by atoms with Crippen molar-refractivity contribution in [2.45, 2.75) is 25.7 Å². The molecule has 0 unspecified atom stereocenters. The van der Waals surface area contributed by atoms with Gasteiger partial charge in [-0.05, 0) is 85.9 Å². The Morgan fingerprint density at radius 3 is 2.33 bits per heavy atom. The molecule has 43 heavy (non-hydrogen) atoms. The Bertz CT molecular complexity index is 1820. The number of Topliss-reactive ketones (excluding diaryl/α,β-unsaturated/α-hetero) is 1. The van der Waals surface area contributed by atoms with Gasteiger partial charge in [-0.1, -0.05) is 47.5 Å². The van der Waals surface area contributed by atoms with E-state index >= 15 is 0 Å². The fourth-order valence-electron chi connectivity index (χ4n) is 7.12. The first-order chi connectivity index (χ1) is 20.7. The molecule has 3 aromatic carbocycles. The smallest absolute Gasteiger partial charge is 0.238 e. The van der Waals surface area contributed by atoms with Crippen LogP contribution in [0.1, 0.15) is 31.2 Å². The highest BCUT2D eigenvalue weighted by Crippen LogP contribution is 2.56. The lowest BCUT2D eigenvalue weighted by molar-refractivity contribution is -0.123. The maximum Gasteiger partial charge on any atom is 0.238 e. The second-order valence-electron chi connectivity index (χ2n) is 11.5. The van der Waals surface area contributed by atoms with Gasteiger partial charge >= 0.3 is 0 Å². The molecule has 8 heteroatoms. The highest BCUT2D eigenvalue weighted by atomic mass is 35.5. The van der Waals surface area contributed by atoms with Crippen molar-refractivity contribution in [2.24, 2.45) is 17.8 Å². The van der Waals surface area contributed by atoms with Crippen molar-refractivity contribution in [2.75, 3.05) is 10.2 Å². The van der Waals surface area contributed by atoms with E-state index in [0.29, 0.717) is 34.4 Å². The van der Waals surface area contributed by atoms with Crippen molar-refractivity contribution >= 4 is 52.0 Å². The van der Waals surface area contributed by atoms with Crippen molar-refractivity contribution in [1.82, 2.24) is 0 Å². The molecule has 2 N–H and O–H groups in total. The number of anilines is 3. The molecule has 7 rings (SSSR count). The summed E-state index contributed by atoms with van der Waals surface area (Å²) in [4.78, 5) is 56.0. The Morgan fingerprint density at radius 2 is 1.60 bits per heavy atom. The first-order valence-corrected chi connectivity index (χ1v) is 14.6. The third-order valence-electron chi connectivity index (χ3n) is 9.05. The van der Waals surface area contributed by atoms with Gasteiger partial charge in [-0.2, -0.15) is 0 Å². The van der Waals surface area contributed by atoms with E-state index in [1.54, 1.807) is 25.1 Å². The number of benzene rings is 3. The van der Waals surface area contributed by atoms with Crippen molar-refractivity contribution in [1.29, 1.82) is 0 Å². The SMILES string of the molecule is CC1=CC(=O)C2=C(C[C@@H]3C(=CC[C@@H]4C(=O)N(c5ccc(Nc6ccccc6)cc5)C(=O)[C@@H]43)[C@@H]2c2ccc(O)cc2Cl)C1=O. The largest absolute Gasteiger partial charge is 0.508 e. The lowest BCUT2D eigenvalue weighted by Crippen LogP contribution is -2.39. The van der Waals surface area contributed by atoms with Crippen LogP contribution in [0.15, 0.2) is 107 Å². The van der Waals surface area contributed by atoms with Gasteiger partial charge in [-0.3, -0.25) is 24.1 Å². The van der Waals surface area contributed by atoms with Crippen LogP contribution in [0.3, 0.4) is 0 Å². The van der Waals surface area contributed by atoms with Gasteiger partial charge in [0.1, 0.15) is 5.75 Å². The molecule has 4 atom stereocenters. The Morgan fingerprint density at radius 1 is 0.884 bits per heavy atom. The normalized spacial score (nSPS) is 24.7. The molecule has 0 spiro atoms. The first-order valence-electron chi connectivity index (χ1n) is 14.2. The van der Waals surface area contributed by atoms with Crippen molar-refractivity contribution in [3.05, 3.63) is 118 Å². The molecule has 0 bridgehead atoms. The van der Waals surface area contributed by atoms with Crippen LogP contribution in [-0.4, -0.2) is 28.5 Å². The third-order valence-corrected chi connectivity index (χ3v) is 9.37. The number of carbonyl (C=O) groups is 4. The van der Waals surface area contributed by atoms with Crippen molar-refractivity contribution in [3.8, 4) is 5.75 Å². The van der Waals surface area contributed by atoms with E-state index in [1.807, 2.05) is 48.5 Å². The van der Waals surface area contributed by atoms with E-state index in [-0.39, 0.29) is 40.6 Å². The van der Waals surface area contributed by atoms with E-state index in [1.165, 1.54) is 23.1 Å². The van der Waals surface area contributed by atoms with Crippen LogP contribution in [0.2, 0.25) is 5.02 Å². The van der Waals surface area contributed by atoms with Gasteiger partial charge in [0.2, 0.25) is 11.8 Å². The van der Waals surface area contributed by atoms with Gasteiger partial charge in [-0.15, -0.1) is 0 Å². The number of ketones is 2. The van der Waals surface area contributed by atoms with Gasteiger partial charge in [-0.25, -0.2) is 0 Å². The molecular formula is C35H27ClN2O5. The number of nitrogens with one attached hydrogen (secondary N) is 1. The Labute approximate surface area is 253 Å². The number of phenols is 1. The summed E-state index contributed by atoms with van der Waals surface area (Å²) in [5.41, 5.74) is 4.69. The van der Waals surface area contributed by atoms with Crippen LogP contribution in [-0.2, 0) is 19.2 Å². The number of allylic oxidation sites excluding steroid dienone is 6. The standard InChI is InChI=1S/C35H27ClN2O5/c1-18-15-29(40)32-27(33(18)41)17-26-23(30(32)24-12-11-22(39)16-28(24)36)13-14-25-31(26)35(43)38(34(25)42)21-9-7-20(8-10-21)37-19-5-3-2-4-6-19/h2-13,15-16,25-26,30-31,37,39H,14,17H2,1H3/t25-,26+,30+,31-/m0/s1. The summed E-state index contributed by atoms with van der Waals surface area (Å²) in [5.74, 6) is -3.48. The average molecular weight is 591 g/mol. The number of hydrogen-bond acceptors (Lipinski definition) is 6. The van der Waals surface area contributed by atoms with E-state index in [2.05, 4.69) is 5.32 Å². The Balaban J connectivity index is 1.26. The average Bonchev–Trinajstić information content (AvgIpc) is 3.25. The molecule has 7 nitrogen and oxygen atoms in total. The number of carbonyl (C=O) groups excluding carboxylic acids is 4. The molecule has 1 aliphatic heterocycles. The van der Waals surface area contributed by atoms with Gasteiger partial charge < -0.3 is 10.4 Å². The lowest BCUT2D eigenvalue weighted by Gasteiger charge is -2.42. The van der Waals surface area contributed by atoms with Crippen LogP contribution in [0.4, 0.5) is 17.1 Å². The Kier molecular flexibility index (Phi) is 6.43. The van der Waals surface area contributed by atoms with Crippen molar-refractivity contribution in [3.63, 3.8) is 0 Å². The number of imide groups is 1.